The van der Waals surface area contributed by atoms with Crippen LogP contribution in [-0.4, -0.2) is 33.3 Å². The van der Waals surface area contributed by atoms with Crippen molar-refractivity contribution in [3.8, 4) is 0 Å². The SMILES string of the molecule is Cc1c(C(=O)NCC(C(=O)O)c2ccccc2)cnn1C(C)(C)C. The number of nitrogens with one attached hydrogen (secondary N) is 1. The Bertz CT molecular complexity index is 730. The molecule has 2 rings (SSSR count). The lowest BCUT2D eigenvalue weighted by Crippen LogP contribution is -2.32. The molecule has 1 aromatic carbocycles. The van der Waals surface area contributed by atoms with Crippen LogP contribution in [0.1, 0.15) is 48.3 Å². The Morgan fingerprint density at radius 3 is 2.38 bits per heavy atom. The molecule has 2 N–H and O–H groups in total. The number of benzene rings is 1. The highest BCUT2D eigenvalue weighted by molar-refractivity contribution is 5.95. The number of aromatic nitrogens is 2. The van der Waals surface area contributed by atoms with Crippen LogP contribution < -0.4 is 5.32 Å². The van der Waals surface area contributed by atoms with Crippen LogP contribution in [0.15, 0.2) is 36.5 Å². The maximum absolute atomic E-state index is 12.4. The van der Waals surface area contributed by atoms with Gasteiger partial charge in [0.15, 0.2) is 0 Å². The molecule has 0 aliphatic heterocycles. The van der Waals surface area contributed by atoms with Crippen LogP contribution in [0.4, 0.5) is 0 Å². The summed E-state index contributed by atoms with van der Waals surface area (Å²) in [6.45, 7) is 7.87. The van der Waals surface area contributed by atoms with Crippen molar-refractivity contribution >= 4 is 11.9 Å². The van der Waals surface area contributed by atoms with E-state index >= 15 is 0 Å². The molecule has 0 aliphatic carbocycles. The van der Waals surface area contributed by atoms with Gasteiger partial charge in [-0.05, 0) is 33.3 Å². The zero-order valence-corrected chi connectivity index (χ0v) is 14.4. The van der Waals surface area contributed by atoms with Gasteiger partial charge in [0.25, 0.3) is 5.91 Å². The first kappa shape index (κ1) is 17.7. The number of carboxylic acid groups (broad SMARTS) is 1. The van der Waals surface area contributed by atoms with Gasteiger partial charge in [0.05, 0.1) is 23.2 Å². The van der Waals surface area contributed by atoms with Crippen molar-refractivity contribution in [2.24, 2.45) is 0 Å². The summed E-state index contributed by atoms with van der Waals surface area (Å²) in [5.74, 6) is -2.07. The third-order valence-electron chi connectivity index (χ3n) is 3.86. The van der Waals surface area contributed by atoms with Crippen LogP contribution in [0.25, 0.3) is 0 Å². The van der Waals surface area contributed by atoms with E-state index in [-0.39, 0.29) is 18.0 Å². The molecular weight excluding hydrogens is 306 g/mol. The summed E-state index contributed by atoms with van der Waals surface area (Å²) in [5.41, 5.74) is 1.65. The fourth-order valence-corrected chi connectivity index (χ4v) is 2.63. The minimum atomic E-state index is -0.969. The van der Waals surface area contributed by atoms with E-state index in [1.54, 1.807) is 28.9 Å². The fourth-order valence-electron chi connectivity index (χ4n) is 2.63. The summed E-state index contributed by atoms with van der Waals surface area (Å²) in [6, 6.07) is 8.88. The number of carbonyl (C=O) groups excluding carboxylic acids is 1. The van der Waals surface area contributed by atoms with Crippen molar-refractivity contribution in [1.82, 2.24) is 15.1 Å². The fraction of sp³-hybridized carbons (Fsp3) is 0.389. The number of nitrogens with zero attached hydrogens (tertiary/aromatic N) is 2. The Labute approximate surface area is 141 Å². The molecule has 1 heterocycles. The van der Waals surface area contributed by atoms with Crippen LogP contribution in [0.3, 0.4) is 0 Å². The van der Waals surface area contributed by atoms with Crippen molar-refractivity contribution in [1.29, 1.82) is 0 Å². The van der Waals surface area contributed by atoms with Gasteiger partial charge in [-0.15, -0.1) is 0 Å². The highest BCUT2D eigenvalue weighted by Gasteiger charge is 2.24. The molecule has 6 heteroatoms. The molecule has 1 unspecified atom stereocenters. The molecule has 2 aromatic rings. The molecule has 0 bridgehead atoms. The maximum Gasteiger partial charge on any atom is 0.312 e. The van der Waals surface area contributed by atoms with Crippen LogP contribution in [0, 0.1) is 6.92 Å². The van der Waals surface area contributed by atoms with E-state index in [4.69, 9.17) is 0 Å². The number of hydrogen-bond donors (Lipinski definition) is 2. The molecule has 24 heavy (non-hydrogen) atoms. The Hall–Kier alpha value is -2.63. The summed E-state index contributed by atoms with van der Waals surface area (Å²) < 4.78 is 1.79. The predicted molar refractivity (Wildman–Crippen MR) is 91.1 cm³/mol. The quantitative estimate of drug-likeness (QED) is 0.883. The van der Waals surface area contributed by atoms with Crippen LogP contribution in [0.2, 0.25) is 0 Å². The molecule has 128 valence electrons. The zero-order valence-electron chi connectivity index (χ0n) is 14.4. The molecular formula is C18H23N3O3. The van der Waals surface area contributed by atoms with Gasteiger partial charge in [0, 0.05) is 12.2 Å². The Kier molecular flexibility index (Phi) is 5.07. The van der Waals surface area contributed by atoms with Crippen LogP contribution in [-0.2, 0) is 10.3 Å². The topological polar surface area (TPSA) is 84.2 Å². The van der Waals surface area contributed by atoms with Crippen molar-refractivity contribution < 1.29 is 14.7 Å². The number of carbonyl (C=O) groups is 2. The monoisotopic (exact) mass is 329 g/mol. The number of hydrogen-bond acceptors (Lipinski definition) is 3. The van der Waals surface area contributed by atoms with Crippen molar-refractivity contribution in [3.05, 3.63) is 53.3 Å². The third kappa shape index (κ3) is 3.82. The normalized spacial score (nSPS) is 12.7. The van der Waals surface area contributed by atoms with E-state index in [1.807, 2.05) is 33.8 Å². The second-order valence-corrected chi connectivity index (χ2v) is 6.74. The molecule has 0 saturated heterocycles. The summed E-state index contributed by atoms with van der Waals surface area (Å²) >= 11 is 0. The molecule has 1 amide bonds. The van der Waals surface area contributed by atoms with Crippen molar-refractivity contribution in [3.63, 3.8) is 0 Å². The van der Waals surface area contributed by atoms with Crippen molar-refractivity contribution in [2.45, 2.75) is 39.2 Å². The average Bonchev–Trinajstić information content (AvgIpc) is 2.90. The maximum atomic E-state index is 12.4. The molecule has 1 aromatic heterocycles. The first-order chi connectivity index (χ1) is 11.2. The Morgan fingerprint density at radius 2 is 1.88 bits per heavy atom. The summed E-state index contributed by atoms with van der Waals surface area (Å²) in [7, 11) is 0. The Balaban J connectivity index is 2.12. The molecule has 6 nitrogen and oxygen atoms in total. The van der Waals surface area contributed by atoms with Crippen molar-refractivity contribution in [2.75, 3.05) is 6.54 Å². The number of aliphatic carboxylic acids is 1. The first-order valence-corrected chi connectivity index (χ1v) is 7.83. The summed E-state index contributed by atoms with van der Waals surface area (Å²) in [6.07, 6.45) is 1.52. The standard InChI is InChI=1S/C18H23N3O3/c1-12-14(11-20-21(12)18(2,3)4)16(22)19-10-15(17(23)24)13-8-6-5-7-9-13/h5-9,11,15H,10H2,1-4H3,(H,19,22)(H,23,24). The molecule has 0 spiro atoms. The van der Waals surface area contributed by atoms with E-state index in [0.29, 0.717) is 11.1 Å². The van der Waals surface area contributed by atoms with E-state index in [9.17, 15) is 14.7 Å². The Morgan fingerprint density at radius 1 is 1.25 bits per heavy atom. The smallest absolute Gasteiger partial charge is 0.312 e. The largest absolute Gasteiger partial charge is 0.481 e. The molecule has 0 aliphatic rings. The number of rotatable bonds is 5. The lowest BCUT2D eigenvalue weighted by molar-refractivity contribution is -0.138. The number of amides is 1. The van der Waals surface area contributed by atoms with Gasteiger partial charge >= 0.3 is 5.97 Å². The summed E-state index contributed by atoms with van der Waals surface area (Å²) in [4.78, 5) is 23.9. The van der Waals surface area contributed by atoms with Crippen LogP contribution in [0.5, 0.6) is 0 Å². The van der Waals surface area contributed by atoms with E-state index < -0.39 is 11.9 Å². The van der Waals surface area contributed by atoms with E-state index in [1.165, 1.54) is 6.20 Å². The second kappa shape index (κ2) is 6.86. The minimum Gasteiger partial charge on any atom is -0.481 e. The predicted octanol–water partition coefficient (Wildman–Crippen LogP) is 2.54. The first-order valence-electron chi connectivity index (χ1n) is 7.83. The van der Waals surface area contributed by atoms with Gasteiger partial charge in [-0.1, -0.05) is 30.3 Å². The summed E-state index contributed by atoms with van der Waals surface area (Å²) in [5, 5.41) is 16.4. The second-order valence-electron chi connectivity index (χ2n) is 6.74. The third-order valence-corrected chi connectivity index (χ3v) is 3.86. The van der Waals surface area contributed by atoms with E-state index in [2.05, 4.69) is 10.4 Å². The van der Waals surface area contributed by atoms with Gasteiger partial charge < -0.3 is 10.4 Å². The zero-order chi connectivity index (χ0) is 17.9. The highest BCUT2D eigenvalue weighted by atomic mass is 16.4. The lowest BCUT2D eigenvalue weighted by atomic mass is 9.99. The van der Waals surface area contributed by atoms with Gasteiger partial charge in [0.1, 0.15) is 0 Å². The van der Waals surface area contributed by atoms with Gasteiger partial charge in [-0.25, -0.2) is 0 Å². The van der Waals surface area contributed by atoms with Gasteiger partial charge in [-0.2, -0.15) is 5.10 Å². The average molecular weight is 329 g/mol. The van der Waals surface area contributed by atoms with Gasteiger partial charge in [0.2, 0.25) is 0 Å². The lowest BCUT2D eigenvalue weighted by Gasteiger charge is -2.21. The molecule has 0 saturated carbocycles. The van der Waals surface area contributed by atoms with E-state index in [0.717, 1.165) is 5.69 Å². The molecule has 1 atom stereocenters. The molecule has 0 fully saturated rings. The van der Waals surface area contributed by atoms with Crippen LogP contribution >= 0.6 is 0 Å². The number of carboxylic acids is 1. The molecule has 0 radical (unpaired) electrons. The van der Waals surface area contributed by atoms with Gasteiger partial charge in [-0.3, -0.25) is 14.3 Å². The minimum absolute atomic E-state index is 0.0261. The highest BCUT2D eigenvalue weighted by Crippen LogP contribution is 2.19.